The minimum Gasteiger partial charge on any atom is -0.346 e. The number of hydrogen-bond acceptors (Lipinski definition) is 3. The van der Waals surface area contributed by atoms with Crippen LogP contribution in [0.1, 0.15) is 29.6 Å². The molecule has 1 aromatic rings. The third-order valence-corrected chi connectivity index (χ3v) is 2.79. The second-order valence-corrected chi connectivity index (χ2v) is 4.25. The van der Waals surface area contributed by atoms with Crippen molar-refractivity contribution in [1.82, 2.24) is 4.90 Å². The Morgan fingerprint density at radius 2 is 1.83 bits per heavy atom. The lowest BCUT2D eigenvalue weighted by atomic mass is 10.1. The molecule has 0 aliphatic heterocycles. The summed E-state index contributed by atoms with van der Waals surface area (Å²) in [5.74, 6) is 0.00362. The molecular formula is C14H20N2O2. The number of ketones is 1. The van der Waals surface area contributed by atoms with E-state index in [-0.39, 0.29) is 24.5 Å². The van der Waals surface area contributed by atoms with Gasteiger partial charge in [-0.25, -0.2) is 0 Å². The molecule has 18 heavy (non-hydrogen) atoms. The van der Waals surface area contributed by atoms with Crippen LogP contribution in [0.4, 0.5) is 0 Å². The first-order valence-corrected chi connectivity index (χ1v) is 6.17. The van der Waals surface area contributed by atoms with E-state index >= 15 is 0 Å². The Kier molecular flexibility index (Phi) is 6.08. The van der Waals surface area contributed by atoms with Gasteiger partial charge in [-0.05, 0) is 13.0 Å². The van der Waals surface area contributed by atoms with E-state index in [0.29, 0.717) is 18.7 Å². The van der Waals surface area contributed by atoms with E-state index in [2.05, 4.69) is 0 Å². The van der Waals surface area contributed by atoms with Gasteiger partial charge in [0, 0.05) is 32.0 Å². The molecule has 1 aromatic carbocycles. The number of carbonyl (C=O) groups is 2. The van der Waals surface area contributed by atoms with Crippen LogP contribution in [0.25, 0.3) is 0 Å². The van der Waals surface area contributed by atoms with Gasteiger partial charge in [-0.15, -0.1) is 0 Å². The fraction of sp³-hybridized carbons (Fsp3) is 0.429. The summed E-state index contributed by atoms with van der Waals surface area (Å²) in [6, 6.07) is 9.04. The Hall–Kier alpha value is -1.68. The molecule has 0 fully saturated rings. The van der Waals surface area contributed by atoms with Crippen molar-refractivity contribution in [2.45, 2.75) is 19.3 Å². The summed E-state index contributed by atoms with van der Waals surface area (Å²) in [6.07, 6.45) is 1.31. The molecule has 0 aromatic heterocycles. The number of nitrogens with zero attached hydrogens (tertiary/aromatic N) is 1. The Morgan fingerprint density at radius 3 is 2.44 bits per heavy atom. The average molecular weight is 248 g/mol. The molecule has 0 aliphatic rings. The molecule has 0 heterocycles. The van der Waals surface area contributed by atoms with Crippen LogP contribution in [0.2, 0.25) is 0 Å². The van der Waals surface area contributed by atoms with Gasteiger partial charge in [-0.1, -0.05) is 30.3 Å². The molecule has 0 spiro atoms. The molecule has 4 nitrogen and oxygen atoms in total. The van der Waals surface area contributed by atoms with Crippen LogP contribution in [0.15, 0.2) is 30.3 Å². The molecule has 0 aliphatic carbocycles. The van der Waals surface area contributed by atoms with Crippen molar-refractivity contribution in [3.8, 4) is 0 Å². The van der Waals surface area contributed by atoms with Crippen molar-refractivity contribution in [2.75, 3.05) is 20.1 Å². The molecule has 98 valence electrons. The van der Waals surface area contributed by atoms with Gasteiger partial charge in [-0.2, -0.15) is 0 Å². The molecule has 0 saturated carbocycles. The highest BCUT2D eigenvalue weighted by Gasteiger charge is 2.11. The van der Waals surface area contributed by atoms with Gasteiger partial charge in [0.05, 0.1) is 0 Å². The molecule has 0 bridgehead atoms. The molecule has 0 unspecified atom stereocenters. The molecule has 0 saturated heterocycles. The zero-order valence-electron chi connectivity index (χ0n) is 10.8. The number of benzene rings is 1. The van der Waals surface area contributed by atoms with Gasteiger partial charge >= 0.3 is 0 Å². The normalized spacial score (nSPS) is 10.1. The number of rotatable bonds is 7. The predicted octanol–water partition coefficient (Wildman–Crippen LogP) is 1.46. The number of hydrogen-bond donors (Lipinski definition) is 1. The van der Waals surface area contributed by atoms with E-state index in [1.165, 1.54) is 0 Å². The van der Waals surface area contributed by atoms with Crippen molar-refractivity contribution in [1.29, 1.82) is 0 Å². The minimum atomic E-state index is -0.00673. The summed E-state index contributed by atoms with van der Waals surface area (Å²) in [5, 5.41) is 0. The Balaban J connectivity index is 2.36. The topological polar surface area (TPSA) is 63.4 Å². The first-order chi connectivity index (χ1) is 8.65. The van der Waals surface area contributed by atoms with E-state index in [1.807, 2.05) is 18.2 Å². The summed E-state index contributed by atoms with van der Waals surface area (Å²) >= 11 is 0. The SMILES string of the molecule is CN(CCCN)C(=O)CCC(=O)c1ccccc1. The van der Waals surface area contributed by atoms with Gasteiger partial charge in [-0.3, -0.25) is 9.59 Å². The summed E-state index contributed by atoms with van der Waals surface area (Å²) < 4.78 is 0. The predicted molar refractivity (Wildman–Crippen MR) is 71.3 cm³/mol. The van der Waals surface area contributed by atoms with Crippen molar-refractivity contribution in [3.05, 3.63) is 35.9 Å². The van der Waals surface area contributed by atoms with Gasteiger partial charge in [0.15, 0.2) is 5.78 Å². The Bertz CT molecular complexity index is 390. The minimum absolute atomic E-state index is 0.00673. The highest BCUT2D eigenvalue weighted by molar-refractivity contribution is 5.97. The molecule has 4 heteroatoms. The van der Waals surface area contributed by atoms with Gasteiger partial charge in [0.25, 0.3) is 0 Å². The smallest absolute Gasteiger partial charge is 0.222 e. The second-order valence-electron chi connectivity index (χ2n) is 4.25. The van der Waals surface area contributed by atoms with Gasteiger partial charge in [0.2, 0.25) is 5.91 Å². The third-order valence-electron chi connectivity index (χ3n) is 2.79. The van der Waals surface area contributed by atoms with Crippen LogP contribution in [-0.4, -0.2) is 36.7 Å². The van der Waals surface area contributed by atoms with Crippen LogP contribution in [0.3, 0.4) is 0 Å². The van der Waals surface area contributed by atoms with E-state index in [1.54, 1.807) is 24.1 Å². The largest absolute Gasteiger partial charge is 0.346 e. The lowest BCUT2D eigenvalue weighted by Gasteiger charge is -2.16. The van der Waals surface area contributed by atoms with Crippen LogP contribution in [0.5, 0.6) is 0 Å². The van der Waals surface area contributed by atoms with Crippen LogP contribution >= 0.6 is 0 Å². The molecule has 2 N–H and O–H groups in total. The first-order valence-electron chi connectivity index (χ1n) is 6.17. The molecule has 0 radical (unpaired) electrons. The highest BCUT2D eigenvalue weighted by atomic mass is 16.2. The fourth-order valence-electron chi connectivity index (χ4n) is 1.63. The summed E-state index contributed by atoms with van der Waals surface area (Å²) in [7, 11) is 1.74. The van der Waals surface area contributed by atoms with Crippen molar-refractivity contribution < 1.29 is 9.59 Å². The second kappa shape index (κ2) is 7.61. The number of carbonyl (C=O) groups excluding carboxylic acids is 2. The molecule has 0 atom stereocenters. The molecule has 1 amide bonds. The van der Waals surface area contributed by atoms with Crippen molar-refractivity contribution >= 4 is 11.7 Å². The Morgan fingerprint density at radius 1 is 1.17 bits per heavy atom. The van der Waals surface area contributed by atoms with Crippen molar-refractivity contribution in [3.63, 3.8) is 0 Å². The lowest BCUT2D eigenvalue weighted by Crippen LogP contribution is -2.29. The summed E-state index contributed by atoms with van der Waals surface area (Å²) in [4.78, 5) is 25.1. The maximum absolute atomic E-state index is 11.8. The summed E-state index contributed by atoms with van der Waals surface area (Å²) in [5.41, 5.74) is 6.05. The number of amides is 1. The quantitative estimate of drug-likeness (QED) is 0.743. The lowest BCUT2D eigenvalue weighted by molar-refractivity contribution is -0.129. The van der Waals surface area contributed by atoms with Gasteiger partial charge < -0.3 is 10.6 Å². The number of nitrogens with two attached hydrogens (primary N) is 1. The fourth-order valence-corrected chi connectivity index (χ4v) is 1.63. The van der Waals surface area contributed by atoms with Crippen LogP contribution < -0.4 is 5.73 Å². The Labute approximate surface area is 108 Å². The molecule has 1 rings (SSSR count). The maximum Gasteiger partial charge on any atom is 0.222 e. The summed E-state index contributed by atoms with van der Waals surface area (Å²) in [6.45, 7) is 1.22. The first kappa shape index (κ1) is 14.4. The average Bonchev–Trinajstić information content (AvgIpc) is 2.42. The highest BCUT2D eigenvalue weighted by Crippen LogP contribution is 2.06. The van der Waals surface area contributed by atoms with Crippen molar-refractivity contribution in [2.24, 2.45) is 5.73 Å². The van der Waals surface area contributed by atoms with E-state index in [9.17, 15) is 9.59 Å². The molecular weight excluding hydrogens is 228 g/mol. The van der Waals surface area contributed by atoms with Crippen LogP contribution in [-0.2, 0) is 4.79 Å². The van der Waals surface area contributed by atoms with E-state index in [0.717, 1.165) is 6.42 Å². The van der Waals surface area contributed by atoms with E-state index in [4.69, 9.17) is 5.73 Å². The van der Waals surface area contributed by atoms with Gasteiger partial charge in [0.1, 0.15) is 0 Å². The zero-order valence-corrected chi connectivity index (χ0v) is 10.8. The van der Waals surface area contributed by atoms with Crippen LogP contribution in [0, 0.1) is 0 Å². The standard InChI is InChI=1S/C14H20N2O2/c1-16(11-5-10-15)14(18)9-8-13(17)12-6-3-2-4-7-12/h2-4,6-7H,5,8-11,15H2,1H3. The zero-order chi connectivity index (χ0) is 13.4. The van der Waals surface area contributed by atoms with E-state index < -0.39 is 0 Å². The third kappa shape index (κ3) is 4.67. The maximum atomic E-state index is 11.8. The number of Topliss-reactive ketones (excluding diaryl/α,β-unsaturated/α-hetero) is 1. The monoisotopic (exact) mass is 248 g/mol.